The summed E-state index contributed by atoms with van der Waals surface area (Å²) in [5, 5.41) is 10.7. The average molecular weight is 313 g/mol. The van der Waals surface area contributed by atoms with E-state index in [9.17, 15) is 10.1 Å². The van der Waals surface area contributed by atoms with Crippen molar-refractivity contribution < 1.29 is 4.92 Å². The Morgan fingerprint density at radius 1 is 1.33 bits per heavy atom. The molecule has 1 aromatic carbocycles. The summed E-state index contributed by atoms with van der Waals surface area (Å²) in [6.45, 7) is 6.53. The molecule has 0 radical (unpaired) electrons. The molecular weight excluding hydrogens is 296 g/mol. The van der Waals surface area contributed by atoms with Crippen molar-refractivity contribution in [2.75, 3.05) is 18.0 Å². The lowest BCUT2D eigenvalue weighted by atomic mass is 9.91. The monoisotopic (exact) mass is 312 g/mol. The van der Waals surface area contributed by atoms with Gasteiger partial charge < -0.3 is 4.90 Å². The lowest BCUT2D eigenvalue weighted by molar-refractivity contribution is -0.384. The van der Waals surface area contributed by atoms with Crippen molar-refractivity contribution in [1.82, 2.24) is 0 Å². The van der Waals surface area contributed by atoms with Gasteiger partial charge in [0, 0.05) is 29.7 Å². The number of halogens is 1. The lowest BCUT2D eigenvalue weighted by Crippen LogP contribution is -2.38. The maximum Gasteiger partial charge on any atom is 0.270 e. The number of nitro benzene ring substituents is 1. The molecule has 0 unspecified atom stereocenters. The largest absolute Gasteiger partial charge is 0.370 e. The van der Waals surface area contributed by atoms with Crippen LogP contribution in [0.15, 0.2) is 22.7 Å². The molecule has 0 saturated carbocycles. The zero-order valence-corrected chi connectivity index (χ0v) is 12.2. The Kier molecular flexibility index (Phi) is 3.90. The molecule has 1 aliphatic heterocycles. The third-order valence-corrected chi connectivity index (χ3v) is 3.99. The molecule has 4 nitrogen and oxygen atoms in total. The van der Waals surface area contributed by atoms with Crippen molar-refractivity contribution in [3.05, 3.63) is 32.8 Å². The standard InChI is InChI=1S/C13H17BrN2O2/c1-9-5-10(2)8-15(7-9)13-4-3-11(16(17)18)6-12(13)14/h3-4,6,9-10H,5,7-8H2,1-2H3/t9-,10+. The van der Waals surface area contributed by atoms with Gasteiger partial charge in [0.2, 0.25) is 0 Å². The third-order valence-electron chi connectivity index (χ3n) is 3.35. The van der Waals surface area contributed by atoms with Crippen molar-refractivity contribution in [1.29, 1.82) is 0 Å². The van der Waals surface area contributed by atoms with Gasteiger partial charge in [0.15, 0.2) is 0 Å². The first-order chi connectivity index (χ1) is 8.47. The smallest absolute Gasteiger partial charge is 0.270 e. The van der Waals surface area contributed by atoms with Crippen LogP contribution >= 0.6 is 15.9 Å². The minimum Gasteiger partial charge on any atom is -0.370 e. The van der Waals surface area contributed by atoms with Crippen LogP contribution in [-0.2, 0) is 0 Å². The van der Waals surface area contributed by atoms with E-state index in [2.05, 4.69) is 34.7 Å². The number of nitrogens with zero attached hydrogens (tertiary/aromatic N) is 2. The number of non-ortho nitro benzene ring substituents is 1. The summed E-state index contributed by atoms with van der Waals surface area (Å²) in [6.07, 6.45) is 1.25. The van der Waals surface area contributed by atoms with Crippen LogP contribution in [0.4, 0.5) is 11.4 Å². The molecule has 1 aromatic rings. The van der Waals surface area contributed by atoms with Gasteiger partial charge in [-0.25, -0.2) is 0 Å². The molecule has 0 aromatic heterocycles. The summed E-state index contributed by atoms with van der Waals surface area (Å²) in [5.74, 6) is 1.33. The molecule has 0 N–H and O–H groups in total. The van der Waals surface area contributed by atoms with E-state index in [0.29, 0.717) is 11.8 Å². The van der Waals surface area contributed by atoms with E-state index in [1.807, 2.05) is 6.07 Å². The van der Waals surface area contributed by atoms with Gasteiger partial charge in [-0.05, 0) is 40.3 Å². The number of hydrogen-bond donors (Lipinski definition) is 0. The average Bonchev–Trinajstić information content (AvgIpc) is 2.27. The van der Waals surface area contributed by atoms with Crippen molar-refractivity contribution in [3.8, 4) is 0 Å². The molecule has 2 rings (SSSR count). The van der Waals surface area contributed by atoms with E-state index in [-0.39, 0.29) is 10.6 Å². The lowest BCUT2D eigenvalue weighted by Gasteiger charge is -2.37. The van der Waals surface area contributed by atoms with Gasteiger partial charge in [-0.1, -0.05) is 13.8 Å². The zero-order chi connectivity index (χ0) is 13.3. The predicted octanol–water partition coefficient (Wildman–Crippen LogP) is 3.84. The summed E-state index contributed by atoms with van der Waals surface area (Å²) in [5.41, 5.74) is 1.18. The molecule has 0 amide bonds. The molecule has 0 aliphatic carbocycles. The second kappa shape index (κ2) is 5.26. The fourth-order valence-corrected chi connectivity index (χ4v) is 3.34. The highest BCUT2D eigenvalue weighted by Crippen LogP contribution is 2.33. The van der Waals surface area contributed by atoms with E-state index in [1.165, 1.54) is 6.42 Å². The van der Waals surface area contributed by atoms with Gasteiger partial charge >= 0.3 is 0 Å². The Balaban J connectivity index is 2.25. The van der Waals surface area contributed by atoms with E-state index < -0.39 is 0 Å². The molecule has 0 bridgehead atoms. The summed E-state index contributed by atoms with van der Waals surface area (Å²) >= 11 is 3.44. The normalized spacial score (nSPS) is 24.1. The highest BCUT2D eigenvalue weighted by molar-refractivity contribution is 9.10. The fourth-order valence-electron chi connectivity index (χ4n) is 2.73. The van der Waals surface area contributed by atoms with Crippen LogP contribution in [0.1, 0.15) is 20.3 Å². The fraction of sp³-hybridized carbons (Fsp3) is 0.538. The van der Waals surface area contributed by atoms with Crippen molar-refractivity contribution in [3.63, 3.8) is 0 Å². The van der Waals surface area contributed by atoms with Crippen LogP contribution in [-0.4, -0.2) is 18.0 Å². The van der Waals surface area contributed by atoms with Gasteiger partial charge in [0.25, 0.3) is 5.69 Å². The van der Waals surface area contributed by atoms with Crippen LogP contribution in [0.3, 0.4) is 0 Å². The molecular formula is C13H17BrN2O2. The molecule has 0 spiro atoms. The van der Waals surface area contributed by atoms with E-state index in [1.54, 1.807) is 12.1 Å². The predicted molar refractivity (Wildman–Crippen MR) is 76.0 cm³/mol. The molecule has 1 aliphatic rings. The van der Waals surface area contributed by atoms with Crippen LogP contribution in [0.5, 0.6) is 0 Å². The quantitative estimate of drug-likeness (QED) is 0.615. The number of hydrogen-bond acceptors (Lipinski definition) is 3. The highest BCUT2D eigenvalue weighted by Gasteiger charge is 2.23. The Labute approximate surface area is 115 Å². The maximum atomic E-state index is 10.7. The highest BCUT2D eigenvalue weighted by atomic mass is 79.9. The first-order valence-electron chi connectivity index (χ1n) is 6.16. The Hall–Kier alpha value is -1.10. The molecule has 18 heavy (non-hydrogen) atoms. The summed E-state index contributed by atoms with van der Waals surface area (Å²) < 4.78 is 0.804. The van der Waals surface area contributed by atoms with Gasteiger partial charge in [0.1, 0.15) is 0 Å². The van der Waals surface area contributed by atoms with Gasteiger partial charge in [-0.15, -0.1) is 0 Å². The molecule has 98 valence electrons. The first-order valence-corrected chi connectivity index (χ1v) is 6.95. The Morgan fingerprint density at radius 2 is 1.94 bits per heavy atom. The topological polar surface area (TPSA) is 46.4 Å². The number of benzene rings is 1. The first kappa shape index (κ1) is 13.3. The molecule has 1 heterocycles. The van der Waals surface area contributed by atoms with Crippen molar-refractivity contribution in [2.45, 2.75) is 20.3 Å². The van der Waals surface area contributed by atoms with Crippen molar-refractivity contribution >= 4 is 27.3 Å². The van der Waals surface area contributed by atoms with Crippen LogP contribution < -0.4 is 4.90 Å². The van der Waals surface area contributed by atoms with E-state index >= 15 is 0 Å². The Morgan fingerprint density at radius 3 is 2.44 bits per heavy atom. The number of piperidine rings is 1. The SMILES string of the molecule is C[C@@H]1C[C@H](C)CN(c2ccc([N+](=O)[O-])cc2Br)C1. The van der Waals surface area contributed by atoms with E-state index in [4.69, 9.17) is 0 Å². The number of anilines is 1. The summed E-state index contributed by atoms with van der Waals surface area (Å²) in [4.78, 5) is 12.7. The minimum absolute atomic E-state index is 0.128. The number of nitro groups is 1. The summed E-state index contributed by atoms with van der Waals surface area (Å²) in [7, 11) is 0. The van der Waals surface area contributed by atoms with Crippen molar-refractivity contribution in [2.24, 2.45) is 11.8 Å². The van der Waals surface area contributed by atoms with E-state index in [0.717, 1.165) is 23.2 Å². The third kappa shape index (κ3) is 2.83. The van der Waals surface area contributed by atoms with Crippen LogP contribution in [0, 0.1) is 22.0 Å². The molecule has 1 fully saturated rings. The van der Waals surface area contributed by atoms with Crippen LogP contribution in [0.2, 0.25) is 0 Å². The van der Waals surface area contributed by atoms with Crippen LogP contribution in [0.25, 0.3) is 0 Å². The second-order valence-electron chi connectivity index (χ2n) is 5.24. The summed E-state index contributed by atoms with van der Waals surface area (Å²) in [6, 6.07) is 5.00. The zero-order valence-electron chi connectivity index (χ0n) is 10.6. The van der Waals surface area contributed by atoms with Gasteiger partial charge in [0.05, 0.1) is 10.6 Å². The second-order valence-corrected chi connectivity index (χ2v) is 6.10. The molecule has 1 saturated heterocycles. The molecule has 5 heteroatoms. The number of rotatable bonds is 2. The van der Waals surface area contributed by atoms with Gasteiger partial charge in [-0.3, -0.25) is 10.1 Å². The minimum atomic E-state index is -0.365. The maximum absolute atomic E-state index is 10.7. The molecule has 2 atom stereocenters. The van der Waals surface area contributed by atoms with Gasteiger partial charge in [-0.2, -0.15) is 0 Å². The Bertz CT molecular complexity index is 454.